The molecule has 0 fully saturated rings. The van der Waals surface area contributed by atoms with Crippen LogP contribution in [-0.4, -0.2) is 38.4 Å². The van der Waals surface area contributed by atoms with Crippen LogP contribution in [0.15, 0.2) is 30.5 Å². The van der Waals surface area contributed by atoms with Gasteiger partial charge in [0.1, 0.15) is 5.69 Å². The van der Waals surface area contributed by atoms with Crippen molar-refractivity contribution in [1.29, 1.82) is 0 Å². The van der Waals surface area contributed by atoms with Gasteiger partial charge in [-0.25, -0.2) is 0 Å². The second kappa shape index (κ2) is 6.87. The molecule has 0 spiro atoms. The first kappa shape index (κ1) is 15.7. The highest BCUT2D eigenvalue weighted by Gasteiger charge is 2.18. The molecule has 0 aliphatic carbocycles. The maximum Gasteiger partial charge on any atom is 0.255 e. The van der Waals surface area contributed by atoms with Crippen molar-refractivity contribution in [2.24, 2.45) is 7.05 Å². The Morgan fingerprint density at radius 1 is 1.43 bits per heavy atom. The number of rotatable bonds is 5. The lowest BCUT2D eigenvalue weighted by Gasteiger charge is -2.05. The molecule has 1 amide bonds. The highest BCUT2D eigenvalue weighted by Crippen LogP contribution is 2.28. The van der Waals surface area contributed by atoms with Crippen LogP contribution in [0.25, 0.3) is 11.3 Å². The molecule has 1 aromatic heterocycles. The molecule has 0 radical (unpaired) electrons. The fraction of sp³-hybridized carbons (Fsp3) is 0.286. The summed E-state index contributed by atoms with van der Waals surface area (Å²) in [5.74, 6) is 0.177. The number of hydrogen-bond acceptors (Lipinski definition) is 3. The molecule has 1 N–H and O–H groups in total. The summed E-state index contributed by atoms with van der Waals surface area (Å²) in [6.07, 6.45) is 3.25. The van der Waals surface area contributed by atoms with Crippen molar-refractivity contribution in [1.82, 2.24) is 15.1 Å². The Balaban J connectivity index is 2.27. The molecule has 7 heteroatoms. The van der Waals surface area contributed by atoms with Gasteiger partial charge in [-0.15, -0.1) is 0 Å². The molecule has 112 valence electrons. The van der Waals surface area contributed by atoms with E-state index < -0.39 is 10.8 Å². The number of benzene rings is 1. The minimum absolute atomic E-state index is 0.247. The first-order valence-corrected chi connectivity index (χ1v) is 8.46. The molecule has 1 aromatic carbocycles. The summed E-state index contributed by atoms with van der Waals surface area (Å²) < 4.78 is 12.6. The van der Waals surface area contributed by atoms with Crippen LogP contribution >= 0.6 is 11.6 Å². The van der Waals surface area contributed by atoms with Crippen LogP contribution in [0.3, 0.4) is 0 Å². The Morgan fingerprint density at radius 2 is 2.14 bits per heavy atom. The Bertz CT molecular complexity index is 685. The van der Waals surface area contributed by atoms with Gasteiger partial charge in [-0.1, -0.05) is 29.8 Å². The smallest absolute Gasteiger partial charge is 0.255 e. The van der Waals surface area contributed by atoms with E-state index in [1.54, 1.807) is 30.2 Å². The molecule has 0 saturated carbocycles. The van der Waals surface area contributed by atoms with Gasteiger partial charge in [0.2, 0.25) is 0 Å². The Labute approximate surface area is 130 Å². The monoisotopic (exact) mass is 325 g/mol. The molecule has 2 aromatic rings. The topological polar surface area (TPSA) is 64.0 Å². The normalized spacial score (nSPS) is 12.1. The lowest BCUT2D eigenvalue weighted by Crippen LogP contribution is -2.27. The second-order valence-corrected chi connectivity index (χ2v) is 6.54. The molecule has 2 rings (SSSR count). The van der Waals surface area contributed by atoms with Gasteiger partial charge in [0.15, 0.2) is 0 Å². The highest BCUT2D eigenvalue weighted by atomic mass is 35.5. The van der Waals surface area contributed by atoms with E-state index in [2.05, 4.69) is 10.4 Å². The van der Waals surface area contributed by atoms with Gasteiger partial charge in [-0.05, 0) is 6.07 Å². The number of nitrogens with zero attached hydrogens (tertiary/aromatic N) is 2. The van der Waals surface area contributed by atoms with Crippen LogP contribution in [0.4, 0.5) is 0 Å². The Hall–Kier alpha value is -1.66. The lowest BCUT2D eigenvalue weighted by molar-refractivity contribution is 0.0956. The third kappa shape index (κ3) is 3.92. The zero-order valence-corrected chi connectivity index (χ0v) is 13.4. The minimum atomic E-state index is -0.935. The molecule has 5 nitrogen and oxygen atoms in total. The van der Waals surface area contributed by atoms with Crippen LogP contribution in [-0.2, 0) is 17.8 Å². The number of amides is 1. The zero-order valence-electron chi connectivity index (χ0n) is 11.8. The lowest BCUT2D eigenvalue weighted by atomic mass is 10.1. The van der Waals surface area contributed by atoms with Gasteiger partial charge in [-0.3, -0.25) is 13.7 Å². The van der Waals surface area contributed by atoms with Crippen LogP contribution in [0.1, 0.15) is 10.4 Å². The van der Waals surface area contributed by atoms with Gasteiger partial charge in [0, 0.05) is 48.2 Å². The van der Waals surface area contributed by atoms with E-state index in [0.717, 1.165) is 0 Å². The molecule has 0 saturated heterocycles. The number of carbonyl (C=O) groups excluding carboxylic acids is 1. The van der Waals surface area contributed by atoms with Crippen molar-refractivity contribution in [2.75, 3.05) is 18.6 Å². The van der Waals surface area contributed by atoms with Gasteiger partial charge in [0.25, 0.3) is 5.91 Å². The Kier molecular flexibility index (Phi) is 5.14. The average molecular weight is 326 g/mol. The van der Waals surface area contributed by atoms with Gasteiger partial charge in [-0.2, -0.15) is 5.10 Å². The summed E-state index contributed by atoms with van der Waals surface area (Å²) in [5.41, 5.74) is 1.70. The summed E-state index contributed by atoms with van der Waals surface area (Å²) in [4.78, 5) is 12.2. The highest BCUT2D eigenvalue weighted by molar-refractivity contribution is 7.84. The third-order valence-corrected chi connectivity index (χ3v) is 3.99. The summed E-state index contributed by atoms with van der Waals surface area (Å²) in [6, 6.07) is 7.25. The summed E-state index contributed by atoms with van der Waals surface area (Å²) in [7, 11) is 0.813. The number of aryl methyl sites for hydroxylation is 1. The van der Waals surface area contributed by atoms with E-state index in [-0.39, 0.29) is 5.91 Å². The van der Waals surface area contributed by atoms with E-state index in [0.29, 0.717) is 34.1 Å². The maximum atomic E-state index is 12.2. The molecule has 0 aliphatic heterocycles. The number of carbonyl (C=O) groups is 1. The zero-order chi connectivity index (χ0) is 15.4. The van der Waals surface area contributed by atoms with E-state index in [1.807, 2.05) is 18.2 Å². The van der Waals surface area contributed by atoms with E-state index in [4.69, 9.17) is 11.6 Å². The molecule has 0 bridgehead atoms. The van der Waals surface area contributed by atoms with Gasteiger partial charge in [0.05, 0.1) is 10.6 Å². The van der Waals surface area contributed by atoms with E-state index >= 15 is 0 Å². The van der Waals surface area contributed by atoms with Crippen LogP contribution in [0, 0.1) is 0 Å². The van der Waals surface area contributed by atoms with Crippen molar-refractivity contribution < 1.29 is 9.00 Å². The molecular formula is C14H16ClN3O2S. The van der Waals surface area contributed by atoms with Gasteiger partial charge < -0.3 is 5.32 Å². The largest absolute Gasteiger partial charge is 0.351 e. The van der Waals surface area contributed by atoms with Crippen molar-refractivity contribution in [3.63, 3.8) is 0 Å². The van der Waals surface area contributed by atoms with E-state index in [1.165, 1.54) is 0 Å². The fourth-order valence-corrected chi connectivity index (χ4v) is 2.53. The minimum Gasteiger partial charge on any atom is -0.351 e. The van der Waals surface area contributed by atoms with Crippen molar-refractivity contribution >= 4 is 28.3 Å². The third-order valence-electron chi connectivity index (χ3n) is 2.88. The average Bonchev–Trinajstić information content (AvgIpc) is 2.80. The summed E-state index contributed by atoms with van der Waals surface area (Å²) in [5, 5.41) is 7.60. The van der Waals surface area contributed by atoms with Crippen molar-refractivity contribution in [3.8, 4) is 11.3 Å². The molecule has 1 heterocycles. The number of aromatic nitrogens is 2. The maximum absolute atomic E-state index is 12.2. The molecule has 1 atom stereocenters. The number of halogens is 1. The van der Waals surface area contributed by atoms with Crippen molar-refractivity contribution in [3.05, 3.63) is 41.0 Å². The SMILES string of the molecule is Cn1cc(C(=O)NCCS(C)=O)c(-c2ccccc2Cl)n1. The van der Waals surface area contributed by atoms with Crippen LogP contribution < -0.4 is 5.32 Å². The summed E-state index contributed by atoms with van der Waals surface area (Å²) >= 11 is 6.17. The predicted octanol–water partition coefficient (Wildman–Crippen LogP) is 1.85. The quantitative estimate of drug-likeness (QED) is 0.912. The fourth-order valence-electron chi connectivity index (χ4n) is 1.91. The first-order valence-electron chi connectivity index (χ1n) is 6.36. The Morgan fingerprint density at radius 3 is 2.81 bits per heavy atom. The second-order valence-electron chi connectivity index (χ2n) is 4.58. The number of nitrogens with one attached hydrogen (secondary N) is 1. The summed E-state index contributed by atoms with van der Waals surface area (Å²) in [6.45, 7) is 0.360. The van der Waals surface area contributed by atoms with Gasteiger partial charge >= 0.3 is 0 Å². The molecule has 1 unspecified atom stereocenters. The molecule has 0 aliphatic rings. The molecular weight excluding hydrogens is 310 g/mol. The first-order chi connectivity index (χ1) is 9.99. The molecule has 21 heavy (non-hydrogen) atoms. The number of hydrogen-bond donors (Lipinski definition) is 1. The van der Waals surface area contributed by atoms with E-state index in [9.17, 15) is 9.00 Å². The van der Waals surface area contributed by atoms with Crippen molar-refractivity contribution in [2.45, 2.75) is 0 Å². The van der Waals surface area contributed by atoms with Crippen LogP contribution in [0.5, 0.6) is 0 Å². The standard InChI is InChI=1S/C14H16ClN3O2S/c1-18-9-11(14(19)16-7-8-21(2)20)13(17-18)10-5-3-4-6-12(10)15/h3-6,9H,7-8H2,1-2H3,(H,16,19). The predicted molar refractivity (Wildman–Crippen MR) is 84.9 cm³/mol. The van der Waals surface area contributed by atoms with Crippen LogP contribution in [0.2, 0.25) is 5.02 Å².